The van der Waals surface area contributed by atoms with E-state index in [-0.39, 0.29) is 12.6 Å². The average Bonchev–Trinajstić information content (AvgIpc) is 3.05. The molecule has 2 aromatic heterocycles. The Bertz CT molecular complexity index is 588. The molecule has 2 aromatic rings. The van der Waals surface area contributed by atoms with E-state index in [1.165, 1.54) is 11.3 Å². The molecule has 3 heterocycles. The number of imidazole rings is 1. The minimum atomic E-state index is 0.155. The molecule has 6 nitrogen and oxygen atoms in total. The number of aliphatic hydroxyl groups excluding tert-OH is 1. The SMILES string of the molecule is CCn1cc(CN2Cc3ncn(C)c3C[C@@H]2CO)cn1. The first-order valence-corrected chi connectivity index (χ1v) is 7.06. The number of hydrogen-bond acceptors (Lipinski definition) is 4. The van der Waals surface area contributed by atoms with Gasteiger partial charge in [-0.3, -0.25) is 9.58 Å². The van der Waals surface area contributed by atoms with Crippen molar-refractivity contribution in [2.24, 2.45) is 7.05 Å². The van der Waals surface area contributed by atoms with Crippen molar-refractivity contribution in [1.29, 1.82) is 0 Å². The summed E-state index contributed by atoms with van der Waals surface area (Å²) >= 11 is 0. The molecular weight excluding hydrogens is 254 g/mol. The van der Waals surface area contributed by atoms with E-state index in [1.807, 2.05) is 24.3 Å². The summed E-state index contributed by atoms with van der Waals surface area (Å²) in [6.07, 6.45) is 6.69. The van der Waals surface area contributed by atoms with Crippen molar-refractivity contribution in [3.8, 4) is 0 Å². The van der Waals surface area contributed by atoms with Crippen LogP contribution in [0.4, 0.5) is 0 Å². The molecule has 108 valence electrons. The van der Waals surface area contributed by atoms with Gasteiger partial charge in [-0.2, -0.15) is 5.10 Å². The van der Waals surface area contributed by atoms with Crippen LogP contribution in [0.3, 0.4) is 0 Å². The summed E-state index contributed by atoms with van der Waals surface area (Å²) in [4.78, 5) is 6.74. The zero-order valence-electron chi connectivity index (χ0n) is 12.0. The van der Waals surface area contributed by atoms with Crippen molar-refractivity contribution >= 4 is 0 Å². The Kier molecular flexibility index (Phi) is 3.58. The molecule has 0 saturated carbocycles. The van der Waals surface area contributed by atoms with E-state index in [9.17, 15) is 5.11 Å². The van der Waals surface area contributed by atoms with E-state index >= 15 is 0 Å². The minimum absolute atomic E-state index is 0.155. The monoisotopic (exact) mass is 275 g/mol. The summed E-state index contributed by atoms with van der Waals surface area (Å²) in [6, 6.07) is 0.155. The molecule has 0 bridgehead atoms. The van der Waals surface area contributed by atoms with Crippen LogP contribution in [-0.4, -0.2) is 42.0 Å². The Morgan fingerprint density at radius 3 is 3.00 bits per heavy atom. The molecule has 0 aromatic carbocycles. The van der Waals surface area contributed by atoms with Crippen LogP contribution < -0.4 is 0 Å². The molecule has 0 fully saturated rings. The molecule has 1 atom stereocenters. The summed E-state index contributed by atoms with van der Waals surface area (Å²) in [6.45, 7) is 4.73. The summed E-state index contributed by atoms with van der Waals surface area (Å²) in [7, 11) is 2.02. The van der Waals surface area contributed by atoms with Crippen molar-refractivity contribution in [3.63, 3.8) is 0 Å². The highest BCUT2D eigenvalue weighted by molar-refractivity contribution is 5.19. The second-order valence-electron chi connectivity index (χ2n) is 5.40. The number of aromatic nitrogens is 4. The molecule has 3 rings (SSSR count). The van der Waals surface area contributed by atoms with Crippen LogP contribution in [0.1, 0.15) is 23.9 Å². The fraction of sp³-hybridized carbons (Fsp3) is 0.571. The first kappa shape index (κ1) is 13.3. The second-order valence-corrected chi connectivity index (χ2v) is 5.40. The summed E-state index contributed by atoms with van der Waals surface area (Å²) in [5.74, 6) is 0. The molecule has 1 N–H and O–H groups in total. The van der Waals surface area contributed by atoms with Gasteiger partial charge in [0.15, 0.2) is 0 Å². The highest BCUT2D eigenvalue weighted by Gasteiger charge is 2.28. The molecule has 0 aliphatic carbocycles. The number of nitrogens with zero attached hydrogens (tertiary/aromatic N) is 5. The van der Waals surface area contributed by atoms with Crippen molar-refractivity contribution in [1.82, 2.24) is 24.2 Å². The summed E-state index contributed by atoms with van der Waals surface area (Å²) in [5, 5.41) is 14.0. The predicted molar refractivity (Wildman–Crippen MR) is 74.9 cm³/mol. The highest BCUT2D eigenvalue weighted by atomic mass is 16.3. The molecule has 1 aliphatic heterocycles. The van der Waals surface area contributed by atoms with Gasteiger partial charge in [0.2, 0.25) is 0 Å². The molecule has 0 spiro atoms. The highest BCUT2D eigenvalue weighted by Crippen LogP contribution is 2.23. The van der Waals surface area contributed by atoms with Gasteiger partial charge in [-0.25, -0.2) is 4.98 Å². The fourth-order valence-corrected chi connectivity index (χ4v) is 2.83. The van der Waals surface area contributed by atoms with Gasteiger partial charge in [0.1, 0.15) is 0 Å². The van der Waals surface area contributed by atoms with Gasteiger partial charge in [-0.05, 0) is 6.92 Å². The number of aliphatic hydroxyl groups is 1. The zero-order valence-corrected chi connectivity index (χ0v) is 12.0. The van der Waals surface area contributed by atoms with E-state index in [4.69, 9.17) is 0 Å². The van der Waals surface area contributed by atoms with Gasteiger partial charge in [-0.15, -0.1) is 0 Å². The number of hydrogen-bond donors (Lipinski definition) is 1. The van der Waals surface area contributed by atoms with Gasteiger partial charge in [0.25, 0.3) is 0 Å². The van der Waals surface area contributed by atoms with E-state index in [0.717, 1.165) is 31.7 Å². The maximum atomic E-state index is 9.65. The van der Waals surface area contributed by atoms with E-state index in [0.29, 0.717) is 0 Å². The molecule has 6 heteroatoms. The van der Waals surface area contributed by atoms with Crippen molar-refractivity contribution in [2.75, 3.05) is 6.61 Å². The largest absolute Gasteiger partial charge is 0.395 e. The van der Waals surface area contributed by atoms with Crippen LogP contribution in [0, 0.1) is 0 Å². The Morgan fingerprint density at radius 1 is 1.45 bits per heavy atom. The van der Waals surface area contributed by atoms with Gasteiger partial charge >= 0.3 is 0 Å². The van der Waals surface area contributed by atoms with Crippen LogP contribution in [-0.2, 0) is 33.1 Å². The minimum Gasteiger partial charge on any atom is -0.395 e. The molecule has 0 amide bonds. The van der Waals surface area contributed by atoms with Crippen molar-refractivity contribution < 1.29 is 5.11 Å². The van der Waals surface area contributed by atoms with Gasteiger partial charge in [0, 0.05) is 56.6 Å². The number of fused-ring (bicyclic) bond motifs is 1. The van der Waals surface area contributed by atoms with Gasteiger partial charge in [-0.1, -0.05) is 0 Å². The molecule has 20 heavy (non-hydrogen) atoms. The third-order valence-electron chi connectivity index (χ3n) is 4.05. The van der Waals surface area contributed by atoms with Crippen LogP contribution in [0.15, 0.2) is 18.7 Å². The quantitative estimate of drug-likeness (QED) is 0.885. The van der Waals surface area contributed by atoms with Crippen LogP contribution in [0.2, 0.25) is 0 Å². The van der Waals surface area contributed by atoms with E-state index in [1.54, 1.807) is 0 Å². The lowest BCUT2D eigenvalue weighted by atomic mass is 10.0. The Hall–Kier alpha value is -1.66. The Balaban J connectivity index is 1.78. The first-order chi connectivity index (χ1) is 9.71. The van der Waals surface area contributed by atoms with E-state index < -0.39 is 0 Å². The van der Waals surface area contributed by atoms with Crippen molar-refractivity contribution in [3.05, 3.63) is 35.7 Å². The molecule has 1 aliphatic rings. The number of aryl methyl sites for hydroxylation is 2. The normalized spacial score (nSPS) is 19.2. The maximum Gasteiger partial charge on any atom is 0.0949 e. The lowest BCUT2D eigenvalue weighted by Crippen LogP contribution is -2.42. The molecular formula is C14H21N5O. The molecule has 0 unspecified atom stereocenters. The zero-order chi connectivity index (χ0) is 14.1. The van der Waals surface area contributed by atoms with Gasteiger partial charge in [0.05, 0.1) is 24.8 Å². The summed E-state index contributed by atoms with van der Waals surface area (Å²) in [5.41, 5.74) is 3.55. The van der Waals surface area contributed by atoms with Crippen LogP contribution >= 0.6 is 0 Å². The van der Waals surface area contributed by atoms with Gasteiger partial charge < -0.3 is 9.67 Å². The maximum absolute atomic E-state index is 9.65. The lowest BCUT2D eigenvalue weighted by molar-refractivity contribution is 0.0967. The smallest absolute Gasteiger partial charge is 0.0949 e. The lowest BCUT2D eigenvalue weighted by Gasteiger charge is -2.34. The average molecular weight is 275 g/mol. The van der Waals surface area contributed by atoms with E-state index in [2.05, 4.69) is 32.7 Å². The Labute approximate surface area is 118 Å². The van der Waals surface area contributed by atoms with Crippen molar-refractivity contribution in [2.45, 2.75) is 39.0 Å². The van der Waals surface area contributed by atoms with Crippen LogP contribution in [0.5, 0.6) is 0 Å². The standard InChI is InChI=1S/C14H21N5O/c1-3-19-7-11(5-16-19)6-18-8-13-14(4-12(18)9-20)17(2)10-15-13/h5,7,10,12,20H,3-4,6,8-9H2,1-2H3/t12-/m1/s1. The second kappa shape index (κ2) is 5.38. The van der Waals surface area contributed by atoms with Crippen LogP contribution in [0.25, 0.3) is 0 Å². The fourth-order valence-electron chi connectivity index (χ4n) is 2.83. The topological polar surface area (TPSA) is 59.1 Å². The first-order valence-electron chi connectivity index (χ1n) is 7.06. The number of rotatable bonds is 4. The molecule has 0 saturated heterocycles. The summed E-state index contributed by atoms with van der Waals surface area (Å²) < 4.78 is 3.99. The third-order valence-corrected chi connectivity index (χ3v) is 4.05. The Morgan fingerprint density at radius 2 is 2.30 bits per heavy atom. The predicted octanol–water partition coefficient (Wildman–Crippen LogP) is 0.556. The third kappa shape index (κ3) is 2.36. The molecule has 0 radical (unpaired) electrons.